The van der Waals surface area contributed by atoms with Gasteiger partial charge in [0.2, 0.25) is 5.91 Å². The van der Waals surface area contributed by atoms with Crippen molar-refractivity contribution in [3.63, 3.8) is 0 Å². The topological polar surface area (TPSA) is 76.0 Å². The molecule has 0 saturated heterocycles. The molecule has 0 aliphatic heterocycles. The Labute approximate surface area is 184 Å². The first-order valence-corrected chi connectivity index (χ1v) is 10.9. The molecule has 156 valence electrons. The number of hydrogen-bond donors (Lipinski definition) is 2. The standard InChI is InChI=1S/C24H22N4O2S/c29-23(13-5-11-21-12-6-16-31-21)25-19-8-4-7-18(17-19)24(30)26-22-14-15-28(27-22)20-9-2-1-3-10-20/h1-4,6-10,12,14-17H,5,11,13H2,(H,25,29)(H,26,27,30). The second-order valence-corrected chi connectivity index (χ2v) is 8.03. The van der Waals surface area contributed by atoms with Crippen molar-refractivity contribution in [2.24, 2.45) is 0 Å². The number of hydrogen-bond acceptors (Lipinski definition) is 4. The summed E-state index contributed by atoms with van der Waals surface area (Å²) in [5.41, 5.74) is 1.96. The van der Waals surface area contributed by atoms with E-state index in [0.717, 1.165) is 18.5 Å². The summed E-state index contributed by atoms with van der Waals surface area (Å²) >= 11 is 1.70. The van der Waals surface area contributed by atoms with Crippen LogP contribution in [0.3, 0.4) is 0 Å². The molecule has 7 heteroatoms. The van der Waals surface area contributed by atoms with Crippen LogP contribution < -0.4 is 10.6 Å². The van der Waals surface area contributed by atoms with Gasteiger partial charge in [-0.1, -0.05) is 30.3 Å². The van der Waals surface area contributed by atoms with Gasteiger partial charge in [0.1, 0.15) is 0 Å². The molecule has 4 aromatic rings. The highest BCUT2D eigenvalue weighted by atomic mass is 32.1. The van der Waals surface area contributed by atoms with Crippen LogP contribution in [0, 0.1) is 0 Å². The fourth-order valence-corrected chi connectivity index (χ4v) is 3.89. The van der Waals surface area contributed by atoms with Crippen LogP contribution in [0.2, 0.25) is 0 Å². The van der Waals surface area contributed by atoms with Crippen molar-refractivity contribution >= 4 is 34.7 Å². The molecule has 0 atom stereocenters. The number of aryl methyl sites for hydroxylation is 1. The monoisotopic (exact) mass is 430 g/mol. The lowest BCUT2D eigenvalue weighted by molar-refractivity contribution is -0.116. The van der Waals surface area contributed by atoms with E-state index in [2.05, 4.69) is 21.8 Å². The maximum atomic E-state index is 12.6. The minimum Gasteiger partial charge on any atom is -0.326 e. The molecule has 0 aliphatic carbocycles. The van der Waals surface area contributed by atoms with Crippen LogP contribution in [-0.2, 0) is 11.2 Å². The molecule has 0 saturated carbocycles. The van der Waals surface area contributed by atoms with Gasteiger partial charge in [0.05, 0.1) is 5.69 Å². The Morgan fingerprint density at radius 1 is 0.935 bits per heavy atom. The van der Waals surface area contributed by atoms with Gasteiger partial charge in [-0.15, -0.1) is 11.3 Å². The molecule has 4 rings (SSSR count). The van der Waals surface area contributed by atoms with Gasteiger partial charge in [0.15, 0.2) is 5.82 Å². The Hall–Kier alpha value is -3.71. The van der Waals surface area contributed by atoms with E-state index in [-0.39, 0.29) is 11.8 Å². The summed E-state index contributed by atoms with van der Waals surface area (Å²) < 4.78 is 1.70. The number of amides is 2. The summed E-state index contributed by atoms with van der Waals surface area (Å²) in [6.07, 6.45) is 3.91. The summed E-state index contributed by atoms with van der Waals surface area (Å²) in [6.45, 7) is 0. The number of nitrogens with zero attached hydrogens (tertiary/aromatic N) is 2. The summed E-state index contributed by atoms with van der Waals surface area (Å²) in [6, 6.07) is 22.4. The zero-order valence-electron chi connectivity index (χ0n) is 16.8. The molecule has 6 nitrogen and oxygen atoms in total. The normalized spacial score (nSPS) is 10.6. The van der Waals surface area contributed by atoms with E-state index < -0.39 is 0 Å². The van der Waals surface area contributed by atoms with E-state index >= 15 is 0 Å². The number of para-hydroxylation sites is 1. The van der Waals surface area contributed by atoms with Crippen LogP contribution in [0.1, 0.15) is 28.1 Å². The molecule has 0 unspecified atom stereocenters. The quantitative estimate of drug-likeness (QED) is 0.406. The summed E-state index contributed by atoms with van der Waals surface area (Å²) in [5, 5.41) is 12.1. The Morgan fingerprint density at radius 3 is 2.61 bits per heavy atom. The molecule has 2 aromatic heterocycles. The van der Waals surface area contributed by atoms with E-state index in [4.69, 9.17) is 0 Å². The second-order valence-electron chi connectivity index (χ2n) is 7.00. The van der Waals surface area contributed by atoms with Crippen molar-refractivity contribution in [1.82, 2.24) is 9.78 Å². The number of thiophene rings is 1. The minimum absolute atomic E-state index is 0.0595. The van der Waals surface area contributed by atoms with Crippen molar-refractivity contribution in [2.45, 2.75) is 19.3 Å². The smallest absolute Gasteiger partial charge is 0.256 e. The molecule has 0 aliphatic rings. The fraction of sp³-hybridized carbons (Fsp3) is 0.125. The third kappa shape index (κ3) is 5.67. The SMILES string of the molecule is O=C(CCCc1cccs1)Nc1cccc(C(=O)Nc2ccn(-c3ccccc3)n2)c1. The molecular weight excluding hydrogens is 408 g/mol. The third-order valence-corrected chi connectivity index (χ3v) is 5.60. The molecule has 2 heterocycles. The van der Waals surface area contributed by atoms with Crippen LogP contribution in [-0.4, -0.2) is 21.6 Å². The van der Waals surface area contributed by atoms with Gasteiger partial charge >= 0.3 is 0 Å². The molecule has 0 spiro atoms. The Bertz CT molecular complexity index is 1150. The van der Waals surface area contributed by atoms with Crippen molar-refractivity contribution in [3.8, 4) is 5.69 Å². The van der Waals surface area contributed by atoms with Gasteiger partial charge in [-0.2, -0.15) is 5.10 Å². The number of rotatable bonds is 8. The van der Waals surface area contributed by atoms with Gasteiger partial charge in [-0.25, -0.2) is 4.68 Å². The predicted octanol–water partition coefficient (Wildman–Crippen LogP) is 5.15. The zero-order chi connectivity index (χ0) is 21.5. The van der Waals surface area contributed by atoms with Crippen LogP contribution >= 0.6 is 11.3 Å². The number of aromatic nitrogens is 2. The first-order chi connectivity index (χ1) is 15.2. The number of nitrogens with one attached hydrogen (secondary N) is 2. The van der Waals surface area contributed by atoms with Crippen molar-refractivity contribution in [1.29, 1.82) is 0 Å². The second kappa shape index (κ2) is 9.86. The molecule has 31 heavy (non-hydrogen) atoms. The van der Waals surface area contributed by atoms with E-state index in [1.807, 2.05) is 41.8 Å². The number of carbonyl (C=O) groups is 2. The lowest BCUT2D eigenvalue weighted by Gasteiger charge is -2.07. The average Bonchev–Trinajstić information content (AvgIpc) is 3.47. The van der Waals surface area contributed by atoms with Gasteiger partial charge in [0, 0.05) is 34.8 Å². The summed E-state index contributed by atoms with van der Waals surface area (Å²) in [5.74, 6) is 0.111. The van der Waals surface area contributed by atoms with E-state index in [9.17, 15) is 9.59 Å². The van der Waals surface area contributed by atoms with E-state index in [1.54, 1.807) is 52.5 Å². The number of anilines is 2. The van der Waals surface area contributed by atoms with E-state index in [0.29, 0.717) is 23.5 Å². The maximum absolute atomic E-state index is 12.6. The molecule has 0 fully saturated rings. The lowest BCUT2D eigenvalue weighted by atomic mass is 10.1. The van der Waals surface area contributed by atoms with Gasteiger partial charge in [-0.05, 0) is 54.6 Å². The highest BCUT2D eigenvalue weighted by Gasteiger charge is 2.10. The highest BCUT2D eigenvalue weighted by molar-refractivity contribution is 7.09. The van der Waals surface area contributed by atoms with Crippen LogP contribution in [0.25, 0.3) is 5.69 Å². The van der Waals surface area contributed by atoms with Crippen LogP contribution in [0.15, 0.2) is 84.4 Å². The Kier molecular flexibility index (Phi) is 6.54. The van der Waals surface area contributed by atoms with Crippen molar-refractivity contribution < 1.29 is 9.59 Å². The maximum Gasteiger partial charge on any atom is 0.256 e. The molecule has 0 radical (unpaired) electrons. The first-order valence-electron chi connectivity index (χ1n) is 10.0. The molecule has 2 amide bonds. The molecule has 2 N–H and O–H groups in total. The van der Waals surface area contributed by atoms with E-state index in [1.165, 1.54) is 4.88 Å². The minimum atomic E-state index is -0.285. The molecule has 0 bridgehead atoms. The molecule has 2 aromatic carbocycles. The summed E-state index contributed by atoms with van der Waals surface area (Å²) in [7, 11) is 0. The highest BCUT2D eigenvalue weighted by Crippen LogP contribution is 2.16. The third-order valence-electron chi connectivity index (χ3n) is 4.67. The largest absolute Gasteiger partial charge is 0.326 e. The Morgan fingerprint density at radius 2 is 1.81 bits per heavy atom. The Balaban J connectivity index is 1.32. The predicted molar refractivity (Wildman–Crippen MR) is 124 cm³/mol. The lowest BCUT2D eigenvalue weighted by Crippen LogP contribution is -2.15. The average molecular weight is 431 g/mol. The number of carbonyl (C=O) groups excluding carboxylic acids is 2. The van der Waals surface area contributed by atoms with Crippen molar-refractivity contribution in [2.75, 3.05) is 10.6 Å². The first kappa shape index (κ1) is 20.6. The zero-order valence-corrected chi connectivity index (χ0v) is 17.6. The van der Waals surface area contributed by atoms with Crippen LogP contribution in [0.4, 0.5) is 11.5 Å². The van der Waals surface area contributed by atoms with Gasteiger partial charge < -0.3 is 10.6 Å². The fourth-order valence-electron chi connectivity index (χ4n) is 3.14. The van der Waals surface area contributed by atoms with Gasteiger partial charge in [0.25, 0.3) is 5.91 Å². The van der Waals surface area contributed by atoms with Crippen LogP contribution in [0.5, 0.6) is 0 Å². The van der Waals surface area contributed by atoms with Gasteiger partial charge in [-0.3, -0.25) is 9.59 Å². The summed E-state index contributed by atoms with van der Waals surface area (Å²) in [4.78, 5) is 26.1. The number of benzene rings is 2. The molecular formula is C24H22N4O2S. The van der Waals surface area contributed by atoms with Crippen molar-refractivity contribution in [3.05, 3.63) is 94.8 Å².